The Bertz CT molecular complexity index is 354. The number of hydrogen-bond acceptors (Lipinski definition) is 1. The van der Waals surface area contributed by atoms with Gasteiger partial charge in [-0.1, -0.05) is 51.0 Å². The molecule has 0 bridgehead atoms. The fourth-order valence-corrected chi connectivity index (χ4v) is 3.25. The van der Waals surface area contributed by atoms with E-state index in [2.05, 4.69) is 43.4 Å². The molecule has 0 aromatic heterocycles. The van der Waals surface area contributed by atoms with Crippen molar-refractivity contribution in [1.82, 2.24) is 5.32 Å². The van der Waals surface area contributed by atoms with Crippen molar-refractivity contribution < 1.29 is 0 Å². The molecule has 1 heteroatoms. The van der Waals surface area contributed by atoms with Gasteiger partial charge >= 0.3 is 0 Å². The van der Waals surface area contributed by atoms with Crippen LogP contribution in [0.1, 0.15) is 57.1 Å². The first kappa shape index (κ1) is 14.6. The first-order valence-electron chi connectivity index (χ1n) is 8.13. The third-order valence-corrected chi connectivity index (χ3v) is 4.42. The van der Waals surface area contributed by atoms with Crippen molar-refractivity contribution in [3.63, 3.8) is 0 Å². The van der Waals surface area contributed by atoms with Crippen molar-refractivity contribution in [3.05, 3.63) is 35.4 Å². The van der Waals surface area contributed by atoms with E-state index in [1.807, 2.05) is 0 Å². The Kier molecular flexibility index (Phi) is 5.91. The maximum Gasteiger partial charge on any atom is 0.00698 e. The average Bonchev–Trinajstić information content (AvgIpc) is 2.46. The van der Waals surface area contributed by atoms with Crippen LogP contribution < -0.4 is 5.32 Å². The van der Waals surface area contributed by atoms with E-state index in [1.165, 1.54) is 56.2 Å². The van der Waals surface area contributed by atoms with Gasteiger partial charge in [0.05, 0.1) is 0 Å². The highest BCUT2D eigenvalue weighted by Crippen LogP contribution is 2.27. The molecule has 1 aromatic rings. The first-order valence-corrected chi connectivity index (χ1v) is 8.13. The molecule has 1 aliphatic rings. The lowest BCUT2D eigenvalue weighted by molar-refractivity contribution is 0.284. The standard InChI is InChI=1S/C18H29N/c1-3-12-19-18-7-5-6-17(14-18)13-16-10-8-15(4-2)9-11-16/h8-11,17-19H,3-7,12-14H2,1-2H3. The molecule has 1 nitrogen and oxygen atoms in total. The van der Waals surface area contributed by atoms with E-state index in [9.17, 15) is 0 Å². The minimum Gasteiger partial charge on any atom is -0.314 e. The molecule has 2 rings (SSSR count). The number of rotatable bonds is 6. The van der Waals surface area contributed by atoms with Crippen LogP contribution in [0.15, 0.2) is 24.3 Å². The third-order valence-electron chi connectivity index (χ3n) is 4.42. The minimum atomic E-state index is 0.772. The van der Waals surface area contributed by atoms with Gasteiger partial charge in [-0.25, -0.2) is 0 Å². The van der Waals surface area contributed by atoms with Crippen LogP contribution in [-0.4, -0.2) is 12.6 Å². The Morgan fingerprint density at radius 3 is 2.47 bits per heavy atom. The summed E-state index contributed by atoms with van der Waals surface area (Å²) in [5.74, 6) is 0.885. The molecule has 0 heterocycles. The molecule has 0 aliphatic heterocycles. The SMILES string of the molecule is CCCNC1CCCC(Cc2ccc(CC)cc2)C1. The largest absolute Gasteiger partial charge is 0.314 e. The maximum absolute atomic E-state index is 3.71. The fourth-order valence-electron chi connectivity index (χ4n) is 3.25. The second-order valence-electron chi connectivity index (χ2n) is 6.06. The van der Waals surface area contributed by atoms with Crippen molar-refractivity contribution in [2.24, 2.45) is 5.92 Å². The number of nitrogens with one attached hydrogen (secondary N) is 1. The summed E-state index contributed by atoms with van der Waals surface area (Å²) in [4.78, 5) is 0. The molecule has 2 atom stereocenters. The highest BCUT2D eigenvalue weighted by Gasteiger charge is 2.21. The Hall–Kier alpha value is -0.820. The molecular weight excluding hydrogens is 230 g/mol. The zero-order valence-corrected chi connectivity index (χ0v) is 12.6. The van der Waals surface area contributed by atoms with Gasteiger partial charge in [0, 0.05) is 6.04 Å². The number of benzene rings is 1. The summed E-state index contributed by atoms with van der Waals surface area (Å²) < 4.78 is 0. The Morgan fingerprint density at radius 2 is 1.79 bits per heavy atom. The highest BCUT2D eigenvalue weighted by atomic mass is 14.9. The summed E-state index contributed by atoms with van der Waals surface area (Å²) >= 11 is 0. The van der Waals surface area contributed by atoms with E-state index >= 15 is 0 Å². The van der Waals surface area contributed by atoms with Crippen LogP contribution in [0.5, 0.6) is 0 Å². The van der Waals surface area contributed by atoms with Crippen LogP contribution in [0.3, 0.4) is 0 Å². The predicted octanol–water partition coefficient (Wildman–Crippen LogP) is 4.35. The molecule has 0 amide bonds. The minimum absolute atomic E-state index is 0.772. The first-order chi connectivity index (χ1) is 9.31. The van der Waals surface area contributed by atoms with Crippen LogP contribution in [0.25, 0.3) is 0 Å². The van der Waals surface area contributed by atoms with Gasteiger partial charge < -0.3 is 5.32 Å². The van der Waals surface area contributed by atoms with Crippen LogP contribution in [0, 0.1) is 5.92 Å². The third kappa shape index (κ3) is 4.65. The van der Waals surface area contributed by atoms with Gasteiger partial charge in [0.1, 0.15) is 0 Å². The van der Waals surface area contributed by atoms with E-state index in [-0.39, 0.29) is 0 Å². The lowest BCUT2D eigenvalue weighted by atomic mass is 9.82. The van der Waals surface area contributed by atoms with E-state index in [0.717, 1.165) is 18.4 Å². The highest BCUT2D eigenvalue weighted by molar-refractivity contribution is 5.22. The monoisotopic (exact) mass is 259 g/mol. The molecular formula is C18H29N. The van der Waals surface area contributed by atoms with E-state index in [1.54, 1.807) is 0 Å². The van der Waals surface area contributed by atoms with Gasteiger partial charge in [0.2, 0.25) is 0 Å². The average molecular weight is 259 g/mol. The van der Waals surface area contributed by atoms with Gasteiger partial charge in [0.15, 0.2) is 0 Å². The van der Waals surface area contributed by atoms with Crippen molar-refractivity contribution >= 4 is 0 Å². The Labute approximate surface area is 118 Å². The summed E-state index contributed by atoms with van der Waals surface area (Å²) in [5.41, 5.74) is 2.98. The molecule has 0 spiro atoms. The smallest absolute Gasteiger partial charge is 0.00698 e. The Balaban J connectivity index is 1.83. The normalized spacial score (nSPS) is 23.5. The zero-order chi connectivity index (χ0) is 13.5. The van der Waals surface area contributed by atoms with Crippen molar-refractivity contribution in [2.75, 3.05) is 6.54 Å². The van der Waals surface area contributed by atoms with E-state index < -0.39 is 0 Å². The second kappa shape index (κ2) is 7.69. The molecule has 1 saturated carbocycles. The van der Waals surface area contributed by atoms with Gasteiger partial charge in [-0.15, -0.1) is 0 Å². The summed E-state index contributed by atoms with van der Waals surface area (Å²) in [6.07, 6.45) is 9.24. The topological polar surface area (TPSA) is 12.0 Å². The molecule has 2 unspecified atom stereocenters. The quantitative estimate of drug-likeness (QED) is 0.801. The van der Waals surface area contributed by atoms with Gasteiger partial charge in [-0.05, 0) is 55.7 Å². The molecule has 106 valence electrons. The van der Waals surface area contributed by atoms with Gasteiger partial charge in [-0.3, -0.25) is 0 Å². The van der Waals surface area contributed by atoms with Crippen LogP contribution in [0.4, 0.5) is 0 Å². The second-order valence-corrected chi connectivity index (χ2v) is 6.06. The molecule has 0 saturated heterocycles. The maximum atomic E-state index is 3.71. The summed E-state index contributed by atoms with van der Waals surface area (Å²) in [6, 6.07) is 10.0. The van der Waals surface area contributed by atoms with E-state index in [4.69, 9.17) is 0 Å². The molecule has 1 N–H and O–H groups in total. The lowest BCUT2D eigenvalue weighted by Crippen LogP contribution is -2.35. The van der Waals surface area contributed by atoms with Crippen molar-refractivity contribution in [3.8, 4) is 0 Å². The molecule has 1 aromatic carbocycles. The molecule has 0 radical (unpaired) electrons. The van der Waals surface area contributed by atoms with E-state index in [0.29, 0.717) is 0 Å². The van der Waals surface area contributed by atoms with Crippen molar-refractivity contribution in [2.45, 2.75) is 64.8 Å². The summed E-state index contributed by atoms with van der Waals surface area (Å²) in [6.45, 7) is 5.66. The van der Waals surface area contributed by atoms with Crippen LogP contribution >= 0.6 is 0 Å². The molecule has 1 aliphatic carbocycles. The number of hydrogen-bond donors (Lipinski definition) is 1. The molecule has 1 fully saturated rings. The summed E-state index contributed by atoms with van der Waals surface area (Å²) in [5, 5.41) is 3.71. The lowest BCUT2D eigenvalue weighted by Gasteiger charge is -2.30. The van der Waals surface area contributed by atoms with Crippen LogP contribution in [-0.2, 0) is 12.8 Å². The van der Waals surface area contributed by atoms with Gasteiger partial charge in [0.25, 0.3) is 0 Å². The Morgan fingerprint density at radius 1 is 1.05 bits per heavy atom. The predicted molar refractivity (Wildman–Crippen MR) is 83.6 cm³/mol. The summed E-state index contributed by atoms with van der Waals surface area (Å²) in [7, 11) is 0. The zero-order valence-electron chi connectivity index (χ0n) is 12.6. The number of aryl methyl sites for hydroxylation is 1. The van der Waals surface area contributed by atoms with Gasteiger partial charge in [-0.2, -0.15) is 0 Å². The van der Waals surface area contributed by atoms with Crippen molar-refractivity contribution in [1.29, 1.82) is 0 Å². The molecule has 19 heavy (non-hydrogen) atoms. The van der Waals surface area contributed by atoms with Crippen LogP contribution in [0.2, 0.25) is 0 Å². The fraction of sp³-hybridized carbons (Fsp3) is 0.667.